The van der Waals surface area contributed by atoms with Gasteiger partial charge in [-0.2, -0.15) is 0 Å². The van der Waals surface area contributed by atoms with Gasteiger partial charge in [0.25, 0.3) is 0 Å². The Kier molecular flexibility index (Phi) is 5.81. The van der Waals surface area contributed by atoms with Crippen LogP contribution in [0, 0.1) is 0 Å². The zero-order valence-electron chi connectivity index (χ0n) is 14.0. The first kappa shape index (κ1) is 17.3. The molecule has 1 aliphatic heterocycles. The molecule has 0 saturated carbocycles. The summed E-state index contributed by atoms with van der Waals surface area (Å²) in [6.45, 7) is 4.00. The number of ether oxygens (including phenoxy) is 2. The van der Waals surface area contributed by atoms with Crippen LogP contribution < -0.4 is 14.8 Å². The first-order chi connectivity index (χ1) is 11.7. The summed E-state index contributed by atoms with van der Waals surface area (Å²) in [6, 6.07) is 8.00. The molecule has 1 N–H and O–H groups in total. The number of nitrogens with one attached hydrogen (secondary N) is 1. The van der Waals surface area contributed by atoms with Crippen molar-refractivity contribution in [3.8, 4) is 11.5 Å². The van der Waals surface area contributed by atoms with Crippen LogP contribution in [-0.4, -0.2) is 45.3 Å². The molecule has 0 amide bonds. The van der Waals surface area contributed by atoms with E-state index in [0.29, 0.717) is 5.75 Å². The van der Waals surface area contributed by atoms with Crippen LogP contribution >= 0.6 is 15.9 Å². The lowest BCUT2D eigenvalue weighted by molar-refractivity contribution is 0.215. The van der Waals surface area contributed by atoms with Gasteiger partial charge in [-0.15, -0.1) is 0 Å². The molecule has 0 radical (unpaired) electrons. The summed E-state index contributed by atoms with van der Waals surface area (Å²) >= 11 is 3.70. The van der Waals surface area contributed by atoms with Crippen LogP contribution in [-0.2, 0) is 0 Å². The number of halogens is 1. The van der Waals surface area contributed by atoms with Crippen LogP contribution in [0.3, 0.4) is 0 Å². The van der Waals surface area contributed by atoms with Crippen molar-refractivity contribution in [1.82, 2.24) is 10.2 Å². The summed E-state index contributed by atoms with van der Waals surface area (Å²) in [4.78, 5) is 2.45. The molecule has 0 bridgehead atoms. The molecule has 1 aliphatic rings. The second-order valence-electron chi connectivity index (χ2n) is 5.79. The van der Waals surface area contributed by atoms with E-state index in [2.05, 4.69) is 26.1 Å². The van der Waals surface area contributed by atoms with Crippen molar-refractivity contribution in [3.63, 3.8) is 0 Å². The van der Waals surface area contributed by atoms with Gasteiger partial charge in [-0.05, 0) is 42.8 Å². The molecule has 1 fully saturated rings. The molecule has 0 spiro atoms. The van der Waals surface area contributed by atoms with Gasteiger partial charge in [-0.3, -0.25) is 4.90 Å². The molecule has 3 rings (SSSR count). The maximum absolute atomic E-state index is 5.77. The van der Waals surface area contributed by atoms with Crippen LogP contribution in [0.25, 0.3) is 0 Å². The Morgan fingerprint density at radius 1 is 1.17 bits per heavy atom. The summed E-state index contributed by atoms with van der Waals surface area (Å²) in [5.74, 6) is 2.37. The van der Waals surface area contributed by atoms with Gasteiger partial charge < -0.3 is 19.2 Å². The molecule has 1 aromatic heterocycles. The van der Waals surface area contributed by atoms with Crippen molar-refractivity contribution in [2.45, 2.75) is 12.5 Å². The number of rotatable bonds is 5. The largest absolute Gasteiger partial charge is 0.493 e. The second kappa shape index (κ2) is 8.05. The van der Waals surface area contributed by atoms with Crippen molar-refractivity contribution in [1.29, 1.82) is 0 Å². The monoisotopic (exact) mass is 394 g/mol. The molecule has 6 heteroatoms. The minimum absolute atomic E-state index is 0.0362. The number of methoxy groups -OCH3 is 2. The van der Waals surface area contributed by atoms with E-state index in [0.717, 1.165) is 54.1 Å². The lowest BCUT2D eigenvalue weighted by Gasteiger charge is -2.30. The fourth-order valence-electron chi connectivity index (χ4n) is 3.18. The molecule has 0 aliphatic carbocycles. The van der Waals surface area contributed by atoms with Gasteiger partial charge in [0.05, 0.1) is 26.5 Å². The van der Waals surface area contributed by atoms with Crippen LogP contribution in [0.4, 0.5) is 0 Å². The van der Waals surface area contributed by atoms with Crippen LogP contribution in [0.2, 0.25) is 0 Å². The highest BCUT2D eigenvalue weighted by atomic mass is 79.9. The topological polar surface area (TPSA) is 46.9 Å². The van der Waals surface area contributed by atoms with Gasteiger partial charge in [0, 0.05) is 24.1 Å². The van der Waals surface area contributed by atoms with Crippen LogP contribution in [0.1, 0.15) is 23.8 Å². The first-order valence-corrected chi connectivity index (χ1v) is 8.93. The summed E-state index contributed by atoms with van der Waals surface area (Å²) in [5.41, 5.74) is 1.12. The highest BCUT2D eigenvalue weighted by Crippen LogP contribution is 2.40. The molecular formula is C18H23BrN2O3. The third-order valence-corrected chi connectivity index (χ3v) is 5.04. The van der Waals surface area contributed by atoms with Crippen LogP contribution in [0.5, 0.6) is 11.5 Å². The molecule has 2 aromatic rings. The highest BCUT2D eigenvalue weighted by Gasteiger charge is 2.28. The zero-order valence-corrected chi connectivity index (χ0v) is 15.6. The zero-order chi connectivity index (χ0) is 16.9. The smallest absolute Gasteiger partial charge is 0.161 e. The van der Waals surface area contributed by atoms with E-state index in [1.165, 1.54) is 0 Å². The number of hydrogen-bond donors (Lipinski definition) is 1. The summed E-state index contributed by atoms with van der Waals surface area (Å²) < 4.78 is 17.7. The Bertz CT molecular complexity index is 653. The lowest BCUT2D eigenvalue weighted by atomic mass is 10.0. The predicted octanol–water partition coefficient (Wildman–Crippen LogP) is 3.44. The fourth-order valence-corrected chi connectivity index (χ4v) is 3.72. The van der Waals surface area contributed by atoms with Gasteiger partial charge in [0.15, 0.2) is 11.5 Å². The van der Waals surface area contributed by atoms with E-state index in [-0.39, 0.29) is 6.04 Å². The summed E-state index contributed by atoms with van der Waals surface area (Å²) in [5, 5.41) is 3.46. The van der Waals surface area contributed by atoms with Crippen molar-refractivity contribution in [3.05, 3.63) is 46.3 Å². The second-order valence-corrected chi connectivity index (χ2v) is 6.64. The maximum Gasteiger partial charge on any atom is 0.161 e. The Hall–Kier alpha value is -1.50. The average molecular weight is 395 g/mol. The minimum atomic E-state index is 0.0362. The lowest BCUT2D eigenvalue weighted by Crippen LogP contribution is -2.33. The van der Waals surface area contributed by atoms with E-state index in [9.17, 15) is 0 Å². The average Bonchev–Trinajstić information content (AvgIpc) is 2.99. The molecule has 2 heterocycles. The normalized spacial score (nSPS) is 17.3. The fraction of sp³-hybridized carbons (Fsp3) is 0.444. The first-order valence-electron chi connectivity index (χ1n) is 8.14. The molecule has 5 nitrogen and oxygen atoms in total. The predicted molar refractivity (Wildman–Crippen MR) is 96.9 cm³/mol. The number of furan rings is 1. The molecule has 130 valence electrons. The van der Waals surface area contributed by atoms with Gasteiger partial charge in [0.1, 0.15) is 5.76 Å². The van der Waals surface area contributed by atoms with Crippen molar-refractivity contribution < 1.29 is 13.9 Å². The Labute approximate surface area is 151 Å². The quantitative estimate of drug-likeness (QED) is 0.841. The highest BCUT2D eigenvalue weighted by molar-refractivity contribution is 9.10. The minimum Gasteiger partial charge on any atom is -0.493 e. The van der Waals surface area contributed by atoms with E-state index in [1.807, 2.05) is 24.3 Å². The van der Waals surface area contributed by atoms with Gasteiger partial charge >= 0.3 is 0 Å². The summed E-state index contributed by atoms with van der Waals surface area (Å²) in [6.07, 6.45) is 2.84. The van der Waals surface area contributed by atoms with E-state index >= 15 is 0 Å². The Morgan fingerprint density at radius 3 is 2.67 bits per heavy atom. The van der Waals surface area contributed by atoms with Gasteiger partial charge in [0.2, 0.25) is 0 Å². The standard InChI is InChI=1S/C18H23BrN2O3/c1-22-16-11-13(14(19)12-17(16)23-2)18(15-5-3-10-24-15)21-8-4-6-20-7-9-21/h3,5,10-12,18,20H,4,6-9H2,1-2H3. The number of hydrogen-bond acceptors (Lipinski definition) is 5. The molecule has 1 unspecified atom stereocenters. The SMILES string of the molecule is COc1cc(Br)c(C(c2ccco2)N2CCCNCC2)cc1OC. The number of nitrogens with zero attached hydrogens (tertiary/aromatic N) is 1. The molecule has 1 aromatic carbocycles. The molecule has 24 heavy (non-hydrogen) atoms. The molecule has 1 saturated heterocycles. The van der Waals surface area contributed by atoms with E-state index in [4.69, 9.17) is 13.9 Å². The Morgan fingerprint density at radius 2 is 1.96 bits per heavy atom. The van der Waals surface area contributed by atoms with E-state index in [1.54, 1.807) is 20.5 Å². The van der Waals surface area contributed by atoms with Crippen molar-refractivity contribution >= 4 is 15.9 Å². The molecule has 1 atom stereocenters. The third kappa shape index (κ3) is 3.61. The van der Waals surface area contributed by atoms with Crippen molar-refractivity contribution in [2.75, 3.05) is 40.4 Å². The van der Waals surface area contributed by atoms with E-state index < -0.39 is 0 Å². The summed E-state index contributed by atoms with van der Waals surface area (Å²) in [7, 11) is 3.31. The van der Waals surface area contributed by atoms with Gasteiger partial charge in [-0.25, -0.2) is 0 Å². The molecular weight excluding hydrogens is 372 g/mol. The number of benzene rings is 1. The van der Waals surface area contributed by atoms with Crippen molar-refractivity contribution in [2.24, 2.45) is 0 Å². The van der Waals surface area contributed by atoms with Gasteiger partial charge in [-0.1, -0.05) is 15.9 Å². The van der Waals surface area contributed by atoms with Crippen LogP contribution in [0.15, 0.2) is 39.4 Å². The Balaban J connectivity index is 2.05. The third-order valence-electron chi connectivity index (χ3n) is 4.35. The maximum atomic E-state index is 5.77.